The summed E-state index contributed by atoms with van der Waals surface area (Å²) in [5.41, 5.74) is 1.18. The van der Waals surface area contributed by atoms with Gasteiger partial charge in [-0.15, -0.1) is 0 Å². The summed E-state index contributed by atoms with van der Waals surface area (Å²) in [7, 11) is 1.56. The second-order valence-electron chi connectivity index (χ2n) is 7.29. The van der Waals surface area contributed by atoms with Gasteiger partial charge in [0.2, 0.25) is 11.8 Å². The van der Waals surface area contributed by atoms with Crippen LogP contribution in [0, 0.1) is 22.0 Å². The maximum absolute atomic E-state index is 12.8. The Morgan fingerprint density at radius 1 is 1.10 bits per heavy atom. The highest BCUT2D eigenvalue weighted by molar-refractivity contribution is 6.22. The van der Waals surface area contributed by atoms with Crippen molar-refractivity contribution < 1.29 is 19.2 Å². The molecule has 0 spiro atoms. The van der Waals surface area contributed by atoms with Gasteiger partial charge in [0.05, 0.1) is 29.6 Å². The van der Waals surface area contributed by atoms with Gasteiger partial charge in [-0.3, -0.25) is 19.7 Å². The minimum Gasteiger partial charge on any atom is -0.496 e. The van der Waals surface area contributed by atoms with Crippen molar-refractivity contribution in [2.24, 2.45) is 11.8 Å². The Kier molecular flexibility index (Phi) is 5.22. The predicted molar refractivity (Wildman–Crippen MR) is 111 cm³/mol. The Labute approximate surface area is 173 Å². The van der Waals surface area contributed by atoms with E-state index in [1.54, 1.807) is 13.2 Å². The number of nitro benzene ring substituents is 1. The van der Waals surface area contributed by atoms with Crippen LogP contribution in [0.15, 0.2) is 54.6 Å². The van der Waals surface area contributed by atoms with Crippen LogP contribution >= 0.6 is 0 Å². The molecule has 8 heteroatoms. The van der Waals surface area contributed by atoms with Gasteiger partial charge in [-0.1, -0.05) is 30.4 Å². The molecule has 1 aliphatic heterocycles. The lowest BCUT2D eigenvalue weighted by atomic mass is 9.85. The number of ether oxygens (including phenoxy) is 1. The van der Waals surface area contributed by atoms with Gasteiger partial charge in [0, 0.05) is 18.2 Å². The van der Waals surface area contributed by atoms with Gasteiger partial charge in [0.25, 0.3) is 5.69 Å². The Balaban J connectivity index is 1.60. The van der Waals surface area contributed by atoms with Crippen LogP contribution in [0.2, 0.25) is 0 Å². The van der Waals surface area contributed by atoms with Crippen molar-refractivity contribution in [1.82, 2.24) is 0 Å². The van der Waals surface area contributed by atoms with Crippen molar-refractivity contribution >= 4 is 28.9 Å². The van der Waals surface area contributed by atoms with Crippen LogP contribution < -0.4 is 15.0 Å². The number of para-hydroxylation sites is 1. The molecule has 0 saturated carbocycles. The van der Waals surface area contributed by atoms with E-state index in [1.165, 1.54) is 12.1 Å². The normalized spacial score (nSPS) is 20.2. The SMILES string of the molecule is COc1ccccc1CNc1ccc(N2C(=O)C3CC=CCC3C2=O)cc1[N+](=O)[O-]. The quantitative estimate of drug-likeness (QED) is 0.339. The number of fused-ring (bicyclic) bond motifs is 1. The number of carbonyl (C=O) groups is 2. The second-order valence-corrected chi connectivity index (χ2v) is 7.29. The second kappa shape index (κ2) is 7.98. The topological polar surface area (TPSA) is 102 Å². The molecule has 0 bridgehead atoms. The molecule has 2 amide bonds. The molecule has 1 heterocycles. The van der Waals surface area contributed by atoms with E-state index in [-0.39, 0.29) is 35.0 Å². The maximum atomic E-state index is 12.8. The minimum atomic E-state index is -0.520. The number of rotatable bonds is 6. The van der Waals surface area contributed by atoms with Crippen LogP contribution in [-0.2, 0) is 16.1 Å². The lowest BCUT2D eigenvalue weighted by molar-refractivity contribution is -0.383. The number of methoxy groups -OCH3 is 1. The average Bonchev–Trinajstić information content (AvgIpc) is 3.02. The molecule has 2 aromatic rings. The number of imide groups is 1. The van der Waals surface area contributed by atoms with E-state index in [0.29, 0.717) is 30.8 Å². The minimum absolute atomic E-state index is 0.198. The zero-order chi connectivity index (χ0) is 21.3. The zero-order valence-corrected chi connectivity index (χ0v) is 16.4. The Morgan fingerprint density at radius 3 is 2.40 bits per heavy atom. The van der Waals surface area contributed by atoms with Crippen LogP contribution in [0.3, 0.4) is 0 Å². The Morgan fingerprint density at radius 2 is 1.77 bits per heavy atom. The standard InChI is InChI=1S/C22H21N3O5/c1-30-20-9-5-2-6-14(20)13-23-18-11-10-15(12-19(18)25(28)29)24-21(26)16-7-3-4-8-17(16)22(24)27/h2-6,9-12,16-17,23H,7-8,13H2,1H3. The fourth-order valence-electron chi connectivity index (χ4n) is 4.05. The number of amides is 2. The molecule has 2 aromatic carbocycles. The number of carbonyl (C=O) groups excluding carboxylic acids is 2. The number of allylic oxidation sites excluding steroid dienone is 2. The van der Waals surface area contributed by atoms with Gasteiger partial charge in [0.1, 0.15) is 11.4 Å². The number of nitrogens with zero attached hydrogens (tertiary/aromatic N) is 2. The number of anilines is 2. The van der Waals surface area contributed by atoms with Crippen molar-refractivity contribution in [3.05, 3.63) is 70.3 Å². The van der Waals surface area contributed by atoms with E-state index in [4.69, 9.17) is 4.74 Å². The summed E-state index contributed by atoms with van der Waals surface area (Å²) >= 11 is 0. The monoisotopic (exact) mass is 407 g/mol. The highest BCUT2D eigenvalue weighted by Gasteiger charge is 2.48. The van der Waals surface area contributed by atoms with Gasteiger partial charge < -0.3 is 10.1 Å². The van der Waals surface area contributed by atoms with Gasteiger partial charge in [-0.25, -0.2) is 4.90 Å². The van der Waals surface area contributed by atoms with E-state index < -0.39 is 4.92 Å². The van der Waals surface area contributed by atoms with Gasteiger partial charge >= 0.3 is 0 Å². The van der Waals surface area contributed by atoms with E-state index in [2.05, 4.69) is 5.32 Å². The van der Waals surface area contributed by atoms with E-state index in [0.717, 1.165) is 10.5 Å². The molecule has 0 radical (unpaired) electrons. The summed E-state index contributed by atoms with van der Waals surface area (Å²) in [6.45, 7) is 0.321. The third-order valence-electron chi connectivity index (χ3n) is 5.61. The largest absolute Gasteiger partial charge is 0.496 e. The molecule has 0 aromatic heterocycles. The van der Waals surface area contributed by atoms with Crippen LogP contribution in [0.5, 0.6) is 5.75 Å². The molecule has 2 atom stereocenters. The number of nitrogens with one attached hydrogen (secondary N) is 1. The third-order valence-corrected chi connectivity index (χ3v) is 5.61. The van der Waals surface area contributed by atoms with Crippen molar-refractivity contribution in [2.75, 3.05) is 17.3 Å². The Hall–Kier alpha value is -3.68. The lowest BCUT2D eigenvalue weighted by Crippen LogP contribution is -2.30. The highest BCUT2D eigenvalue weighted by atomic mass is 16.6. The van der Waals surface area contributed by atoms with Crippen molar-refractivity contribution in [2.45, 2.75) is 19.4 Å². The molecule has 2 aliphatic rings. The fourth-order valence-corrected chi connectivity index (χ4v) is 4.05. The summed E-state index contributed by atoms with van der Waals surface area (Å²) in [4.78, 5) is 37.8. The fraction of sp³-hybridized carbons (Fsp3) is 0.273. The first-order valence-corrected chi connectivity index (χ1v) is 9.68. The van der Waals surface area contributed by atoms with E-state index in [1.807, 2.05) is 36.4 Å². The first-order valence-electron chi connectivity index (χ1n) is 9.68. The predicted octanol–water partition coefficient (Wildman–Crippen LogP) is 3.67. The van der Waals surface area contributed by atoms with Crippen LogP contribution in [0.4, 0.5) is 17.1 Å². The first-order chi connectivity index (χ1) is 14.5. The molecule has 30 heavy (non-hydrogen) atoms. The number of hydrogen-bond acceptors (Lipinski definition) is 6. The molecule has 1 saturated heterocycles. The lowest BCUT2D eigenvalue weighted by Gasteiger charge is -2.16. The van der Waals surface area contributed by atoms with Crippen LogP contribution in [0.1, 0.15) is 18.4 Å². The van der Waals surface area contributed by atoms with Crippen molar-refractivity contribution in [3.63, 3.8) is 0 Å². The molecule has 2 unspecified atom stereocenters. The van der Waals surface area contributed by atoms with Crippen LogP contribution in [0.25, 0.3) is 0 Å². The summed E-state index contributed by atoms with van der Waals surface area (Å²) < 4.78 is 5.31. The van der Waals surface area contributed by atoms with Gasteiger partial charge in [-0.05, 0) is 31.0 Å². The summed E-state index contributed by atoms with van der Waals surface area (Å²) in [6, 6.07) is 11.8. The number of hydrogen-bond donors (Lipinski definition) is 1. The van der Waals surface area contributed by atoms with Crippen molar-refractivity contribution in [1.29, 1.82) is 0 Å². The molecule has 1 N–H and O–H groups in total. The highest BCUT2D eigenvalue weighted by Crippen LogP contribution is 2.39. The molecule has 154 valence electrons. The van der Waals surface area contributed by atoms with E-state index in [9.17, 15) is 19.7 Å². The molecular formula is C22H21N3O5. The number of benzene rings is 2. The summed E-state index contributed by atoms with van der Waals surface area (Å²) in [6.07, 6.45) is 4.85. The maximum Gasteiger partial charge on any atom is 0.294 e. The van der Waals surface area contributed by atoms with Crippen LogP contribution in [-0.4, -0.2) is 23.8 Å². The summed E-state index contributed by atoms with van der Waals surface area (Å²) in [5, 5.41) is 14.7. The Bertz CT molecular complexity index is 1020. The van der Waals surface area contributed by atoms with E-state index >= 15 is 0 Å². The zero-order valence-electron chi connectivity index (χ0n) is 16.4. The van der Waals surface area contributed by atoms with Gasteiger partial charge in [0.15, 0.2) is 0 Å². The molecule has 1 fully saturated rings. The van der Waals surface area contributed by atoms with Gasteiger partial charge in [-0.2, -0.15) is 0 Å². The summed E-state index contributed by atoms with van der Waals surface area (Å²) in [5.74, 6) is -0.680. The molecule has 8 nitrogen and oxygen atoms in total. The first kappa shape index (κ1) is 19.6. The smallest absolute Gasteiger partial charge is 0.294 e. The number of nitro groups is 1. The molecule has 1 aliphatic carbocycles. The van der Waals surface area contributed by atoms with Crippen molar-refractivity contribution in [3.8, 4) is 5.75 Å². The molecule has 4 rings (SSSR count). The molecular weight excluding hydrogens is 386 g/mol. The third kappa shape index (κ3) is 3.41. The average molecular weight is 407 g/mol.